The van der Waals surface area contributed by atoms with Crippen LogP contribution in [0, 0.1) is 11.7 Å². The molecular formula is C11H10FNO. The number of carbonyl (C=O) groups is 1. The third kappa shape index (κ3) is 1.05. The van der Waals surface area contributed by atoms with E-state index in [1.54, 1.807) is 6.07 Å². The van der Waals surface area contributed by atoms with Crippen molar-refractivity contribution >= 4 is 5.91 Å². The lowest BCUT2D eigenvalue weighted by Crippen LogP contribution is -2.20. The maximum Gasteiger partial charge on any atom is 0.252 e. The van der Waals surface area contributed by atoms with Gasteiger partial charge >= 0.3 is 0 Å². The Morgan fingerprint density at radius 3 is 2.86 bits per heavy atom. The second-order valence-corrected chi connectivity index (χ2v) is 4.02. The van der Waals surface area contributed by atoms with Gasteiger partial charge in [0.15, 0.2) is 0 Å². The van der Waals surface area contributed by atoms with E-state index in [1.807, 2.05) is 0 Å². The summed E-state index contributed by atoms with van der Waals surface area (Å²) in [7, 11) is 0. The predicted octanol–water partition coefficient (Wildman–Crippen LogP) is 2.02. The molecule has 0 aromatic heterocycles. The van der Waals surface area contributed by atoms with Gasteiger partial charge in [0.25, 0.3) is 5.91 Å². The van der Waals surface area contributed by atoms with E-state index >= 15 is 0 Å². The van der Waals surface area contributed by atoms with Crippen molar-refractivity contribution in [2.24, 2.45) is 5.92 Å². The Bertz CT molecular complexity index is 412. The first-order chi connectivity index (χ1) is 6.75. The summed E-state index contributed by atoms with van der Waals surface area (Å²) in [4.78, 5) is 11.5. The number of fused-ring (bicyclic) bond motifs is 1. The van der Waals surface area contributed by atoms with Crippen LogP contribution in [0.5, 0.6) is 0 Å². The summed E-state index contributed by atoms with van der Waals surface area (Å²) in [6.07, 6.45) is 2.34. The average molecular weight is 191 g/mol. The molecule has 0 spiro atoms. The van der Waals surface area contributed by atoms with Gasteiger partial charge in [0.2, 0.25) is 0 Å². The Hall–Kier alpha value is -1.38. The van der Waals surface area contributed by atoms with Crippen LogP contribution in [0.2, 0.25) is 0 Å². The molecule has 0 bridgehead atoms. The van der Waals surface area contributed by atoms with Crippen LogP contribution in [0.4, 0.5) is 4.39 Å². The molecule has 1 N–H and O–H groups in total. The first-order valence-electron chi connectivity index (χ1n) is 4.86. The molecule has 2 nitrogen and oxygen atoms in total. The van der Waals surface area contributed by atoms with Gasteiger partial charge in [0.1, 0.15) is 5.82 Å². The fourth-order valence-electron chi connectivity index (χ4n) is 2.09. The van der Waals surface area contributed by atoms with Crippen molar-refractivity contribution in [1.82, 2.24) is 5.32 Å². The van der Waals surface area contributed by atoms with Gasteiger partial charge in [-0.3, -0.25) is 4.79 Å². The van der Waals surface area contributed by atoms with E-state index in [9.17, 15) is 9.18 Å². The highest BCUT2D eigenvalue weighted by atomic mass is 19.1. The minimum absolute atomic E-state index is 0.128. The third-order valence-corrected chi connectivity index (χ3v) is 2.98. The van der Waals surface area contributed by atoms with Crippen LogP contribution in [0.25, 0.3) is 0 Å². The Balaban J connectivity index is 2.09. The minimum Gasteiger partial charge on any atom is -0.345 e. The van der Waals surface area contributed by atoms with Crippen molar-refractivity contribution in [2.75, 3.05) is 0 Å². The largest absolute Gasteiger partial charge is 0.345 e. The Kier molecular flexibility index (Phi) is 1.46. The summed E-state index contributed by atoms with van der Waals surface area (Å²) in [5.74, 6) is 0.109. The van der Waals surface area contributed by atoms with Crippen LogP contribution in [0.15, 0.2) is 18.2 Å². The van der Waals surface area contributed by atoms with Crippen molar-refractivity contribution in [3.8, 4) is 0 Å². The molecule has 1 fully saturated rings. The fourth-order valence-corrected chi connectivity index (χ4v) is 2.09. The summed E-state index contributed by atoms with van der Waals surface area (Å²) >= 11 is 0. The van der Waals surface area contributed by atoms with Crippen molar-refractivity contribution in [3.05, 3.63) is 35.1 Å². The topological polar surface area (TPSA) is 29.1 Å². The quantitative estimate of drug-likeness (QED) is 0.722. The number of hydrogen-bond donors (Lipinski definition) is 1. The SMILES string of the molecule is O=C1NC(C2CC2)c2ccc(F)cc21. The Labute approximate surface area is 81.1 Å². The summed E-state index contributed by atoms with van der Waals surface area (Å²) in [5, 5.41) is 2.90. The highest BCUT2D eigenvalue weighted by Gasteiger charge is 2.39. The third-order valence-electron chi connectivity index (χ3n) is 2.98. The molecule has 1 atom stereocenters. The molecule has 1 aliphatic heterocycles. The van der Waals surface area contributed by atoms with Crippen LogP contribution >= 0.6 is 0 Å². The van der Waals surface area contributed by atoms with Crippen molar-refractivity contribution in [3.63, 3.8) is 0 Å². The molecular weight excluding hydrogens is 181 g/mol. The smallest absolute Gasteiger partial charge is 0.252 e. The molecule has 1 amide bonds. The molecule has 0 radical (unpaired) electrons. The molecule has 1 unspecified atom stereocenters. The Morgan fingerprint density at radius 2 is 2.14 bits per heavy atom. The number of carbonyl (C=O) groups excluding carboxylic acids is 1. The van der Waals surface area contributed by atoms with Gasteiger partial charge in [-0.15, -0.1) is 0 Å². The zero-order valence-corrected chi connectivity index (χ0v) is 7.59. The van der Waals surface area contributed by atoms with E-state index in [4.69, 9.17) is 0 Å². The summed E-state index contributed by atoms with van der Waals surface area (Å²) in [5.41, 5.74) is 1.49. The number of benzene rings is 1. The highest BCUT2D eigenvalue weighted by Crippen LogP contribution is 2.44. The van der Waals surface area contributed by atoms with Gasteiger partial charge < -0.3 is 5.32 Å². The molecule has 3 heteroatoms. The zero-order valence-electron chi connectivity index (χ0n) is 7.59. The molecule has 3 rings (SSSR count). The second kappa shape index (κ2) is 2.56. The monoisotopic (exact) mass is 191 g/mol. The minimum atomic E-state index is -0.338. The number of hydrogen-bond acceptors (Lipinski definition) is 1. The van der Waals surface area contributed by atoms with Gasteiger partial charge in [-0.1, -0.05) is 6.07 Å². The molecule has 1 aromatic rings. The molecule has 1 aromatic carbocycles. The van der Waals surface area contributed by atoms with E-state index in [0.29, 0.717) is 11.5 Å². The summed E-state index contributed by atoms with van der Waals surface area (Å²) in [6, 6.07) is 4.62. The molecule has 1 saturated carbocycles. The first-order valence-corrected chi connectivity index (χ1v) is 4.86. The normalized spacial score (nSPS) is 24.6. The lowest BCUT2D eigenvalue weighted by Gasteiger charge is -2.08. The van der Waals surface area contributed by atoms with E-state index in [2.05, 4.69) is 5.32 Å². The lowest BCUT2D eigenvalue weighted by atomic mass is 10.0. The van der Waals surface area contributed by atoms with Crippen LogP contribution in [-0.4, -0.2) is 5.91 Å². The van der Waals surface area contributed by atoms with Crippen molar-refractivity contribution < 1.29 is 9.18 Å². The first kappa shape index (κ1) is 7.97. The van der Waals surface area contributed by atoms with Crippen LogP contribution in [-0.2, 0) is 0 Å². The maximum absolute atomic E-state index is 12.9. The number of halogens is 1. The average Bonchev–Trinajstić information content (AvgIpc) is 2.94. The Morgan fingerprint density at radius 1 is 1.36 bits per heavy atom. The second-order valence-electron chi connectivity index (χ2n) is 4.02. The van der Waals surface area contributed by atoms with Gasteiger partial charge in [-0.05, 0) is 36.5 Å². The zero-order chi connectivity index (χ0) is 9.71. The van der Waals surface area contributed by atoms with E-state index < -0.39 is 0 Å². The molecule has 1 heterocycles. The number of amides is 1. The van der Waals surface area contributed by atoms with Gasteiger partial charge in [0.05, 0.1) is 6.04 Å². The molecule has 1 aliphatic carbocycles. The van der Waals surface area contributed by atoms with Crippen molar-refractivity contribution in [2.45, 2.75) is 18.9 Å². The number of rotatable bonds is 1. The molecule has 0 saturated heterocycles. The summed E-state index contributed by atoms with van der Waals surface area (Å²) in [6.45, 7) is 0. The standard InChI is InChI=1S/C11H10FNO/c12-7-3-4-8-9(5-7)11(14)13-10(8)6-1-2-6/h3-6,10H,1-2H2,(H,13,14). The van der Waals surface area contributed by atoms with Crippen LogP contribution in [0.3, 0.4) is 0 Å². The molecule has 14 heavy (non-hydrogen) atoms. The van der Waals surface area contributed by atoms with Gasteiger partial charge in [0, 0.05) is 5.56 Å². The maximum atomic E-state index is 12.9. The number of nitrogens with one attached hydrogen (secondary N) is 1. The fraction of sp³-hybridized carbons (Fsp3) is 0.364. The van der Waals surface area contributed by atoms with Gasteiger partial charge in [-0.2, -0.15) is 0 Å². The van der Waals surface area contributed by atoms with Gasteiger partial charge in [-0.25, -0.2) is 4.39 Å². The van der Waals surface area contributed by atoms with Crippen LogP contribution in [0.1, 0.15) is 34.8 Å². The van der Waals surface area contributed by atoms with E-state index in [-0.39, 0.29) is 17.8 Å². The van der Waals surface area contributed by atoms with E-state index in [1.165, 1.54) is 25.0 Å². The predicted molar refractivity (Wildman–Crippen MR) is 49.3 cm³/mol. The molecule has 72 valence electrons. The summed E-state index contributed by atoms with van der Waals surface area (Å²) < 4.78 is 12.9. The van der Waals surface area contributed by atoms with Crippen LogP contribution < -0.4 is 5.32 Å². The lowest BCUT2D eigenvalue weighted by molar-refractivity contribution is 0.0952. The molecule has 2 aliphatic rings. The van der Waals surface area contributed by atoms with Crippen molar-refractivity contribution in [1.29, 1.82) is 0 Å². The van der Waals surface area contributed by atoms with E-state index in [0.717, 1.165) is 5.56 Å². The highest BCUT2D eigenvalue weighted by molar-refractivity contribution is 5.99.